The molecule has 3 aromatic rings. The Morgan fingerprint density at radius 1 is 0.788 bits per heavy atom. The number of hydrogen-bond acceptors (Lipinski definition) is 3. The van der Waals surface area contributed by atoms with E-state index in [1.54, 1.807) is 7.05 Å². The first-order chi connectivity index (χ1) is 16.2. The Morgan fingerprint density at radius 3 is 1.73 bits per heavy atom. The van der Waals surface area contributed by atoms with Crippen molar-refractivity contribution in [1.29, 1.82) is 0 Å². The zero-order valence-electron chi connectivity index (χ0n) is 18.9. The van der Waals surface area contributed by atoms with Gasteiger partial charge in [0, 0.05) is 26.7 Å². The van der Waals surface area contributed by atoms with Gasteiger partial charge in [-0.2, -0.15) is 0 Å². The highest BCUT2D eigenvalue weighted by atomic mass is 16.2. The van der Waals surface area contributed by atoms with Crippen LogP contribution in [-0.4, -0.2) is 54.3 Å². The summed E-state index contributed by atoms with van der Waals surface area (Å²) in [6.45, 7) is 1.81. The molecule has 0 aromatic heterocycles. The van der Waals surface area contributed by atoms with Crippen LogP contribution in [0.5, 0.6) is 0 Å². The normalized spacial score (nSPS) is 22.1. The molecule has 0 bridgehead atoms. The summed E-state index contributed by atoms with van der Waals surface area (Å²) in [5.41, 5.74) is 2.86. The second-order valence-corrected chi connectivity index (χ2v) is 8.86. The van der Waals surface area contributed by atoms with Gasteiger partial charge in [0.1, 0.15) is 6.04 Å². The lowest BCUT2D eigenvalue weighted by Gasteiger charge is -2.38. The van der Waals surface area contributed by atoms with Gasteiger partial charge in [0.2, 0.25) is 11.8 Å². The second-order valence-electron chi connectivity index (χ2n) is 8.86. The highest BCUT2D eigenvalue weighted by Crippen LogP contribution is 2.48. The van der Waals surface area contributed by atoms with Gasteiger partial charge in [0.25, 0.3) is 0 Å². The number of carbonyl (C=O) groups excluding carboxylic acids is 2. The molecular weight excluding hydrogens is 410 g/mol. The highest BCUT2D eigenvalue weighted by molar-refractivity contribution is 5.87. The Morgan fingerprint density at radius 2 is 1.27 bits per heavy atom. The fourth-order valence-corrected chi connectivity index (χ4v) is 5.35. The van der Waals surface area contributed by atoms with Gasteiger partial charge in [-0.3, -0.25) is 14.5 Å². The third-order valence-electron chi connectivity index (χ3n) is 7.02. The molecule has 1 N–H and O–H groups in total. The SMILES string of the molecule is CNC(=O)C1CCN(C(=O)C2CN2C(c2ccccc2)(c2ccccc2)c2ccccc2)C1. The average Bonchev–Trinajstić information content (AvgIpc) is 3.52. The van der Waals surface area contributed by atoms with Crippen molar-refractivity contribution in [1.82, 2.24) is 15.1 Å². The van der Waals surface area contributed by atoms with E-state index in [9.17, 15) is 9.59 Å². The number of nitrogens with one attached hydrogen (secondary N) is 1. The van der Waals surface area contributed by atoms with E-state index in [4.69, 9.17) is 0 Å². The monoisotopic (exact) mass is 439 g/mol. The van der Waals surface area contributed by atoms with E-state index in [1.807, 2.05) is 23.1 Å². The molecule has 3 atom stereocenters. The van der Waals surface area contributed by atoms with Gasteiger partial charge in [-0.05, 0) is 23.1 Å². The number of nitrogens with zero attached hydrogens (tertiary/aromatic N) is 2. The highest BCUT2D eigenvalue weighted by Gasteiger charge is 2.57. The molecule has 2 amide bonds. The maximum absolute atomic E-state index is 13.6. The van der Waals surface area contributed by atoms with Gasteiger partial charge >= 0.3 is 0 Å². The number of rotatable bonds is 6. The van der Waals surface area contributed by atoms with Gasteiger partial charge in [-0.15, -0.1) is 0 Å². The lowest BCUT2D eigenvalue weighted by molar-refractivity contribution is -0.131. The van der Waals surface area contributed by atoms with Crippen LogP contribution in [0.3, 0.4) is 0 Å². The lowest BCUT2D eigenvalue weighted by Crippen LogP contribution is -2.42. The molecule has 5 heteroatoms. The van der Waals surface area contributed by atoms with Crippen molar-refractivity contribution in [2.75, 3.05) is 26.7 Å². The average molecular weight is 440 g/mol. The fourth-order valence-electron chi connectivity index (χ4n) is 5.35. The summed E-state index contributed by atoms with van der Waals surface area (Å²) in [7, 11) is 1.66. The summed E-state index contributed by atoms with van der Waals surface area (Å²) in [6, 6.07) is 31.1. The molecule has 5 rings (SSSR count). The minimum absolute atomic E-state index is 0.0187. The minimum Gasteiger partial charge on any atom is -0.359 e. The number of hydrogen-bond donors (Lipinski definition) is 1. The van der Waals surface area contributed by atoms with E-state index in [0.29, 0.717) is 19.6 Å². The molecule has 5 nitrogen and oxygen atoms in total. The third-order valence-corrected chi connectivity index (χ3v) is 7.02. The first kappa shape index (κ1) is 21.4. The van der Waals surface area contributed by atoms with Gasteiger partial charge < -0.3 is 10.2 Å². The van der Waals surface area contributed by atoms with Gasteiger partial charge in [0.05, 0.1) is 11.5 Å². The van der Waals surface area contributed by atoms with Crippen LogP contribution >= 0.6 is 0 Å². The van der Waals surface area contributed by atoms with Crippen molar-refractivity contribution in [3.05, 3.63) is 108 Å². The molecule has 0 radical (unpaired) electrons. The largest absolute Gasteiger partial charge is 0.359 e. The van der Waals surface area contributed by atoms with Gasteiger partial charge in [-0.25, -0.2) is 0 Å². The second kappa shape index (κ2) is 8.83. The predicted octanol–water partition coefficient (Wildman–Crippen LogP) is 3.26. The molecule has 2 saturated heterocycles. The summed E-state index contributed by atoms with van der Waals surface area (Å²) in [6.07, 6.45) is 0.722. The molecule has 3 aromatic carbocycles. The molecule has 2 heterocycles. The van der Waals surface area contributed by atoms with Gasteiger partial charge in [-0.1, -0.05) is 91.0 Å². The molecule has 3 unspecified atom stereocenters. The Kier molecular flexibility index (Phi) is 5.73. The fraction of sp³-hybridized carbons (Fsp3) is 0.286. The van der Waals surface area contributed by atoms with Crippen LogP contribution in [0.2, 0.25) is 0 Å². The molecule has 2 fully saturated rings. The van der Waals surface area contributed by atoms with Crippen LogP contribution < -0.4 is 5.32 Å². The summed E-state index contributed by atoms with van der Waals surface area (Å²) >= 11 is 0. The topological polar surface area (TPSA) is 52.4 Å². The standard InChI is InChI=1S/C28H29N3O2/c1-29-26(32)21-17-18-30(19-21)27(33)25-20-31(25)28(22-11-5-2-6-12-22,23-13-7-3-8-14-23)24-15-9-4-10-16-24/h2-16,21,25H,17-20H2,1H3,(H,29,32). The summed E-state index contributed by atoms with van der Waals surface area (Å²) in [5.74, 6) is 0.0204. The van der Waals surface area contributed by atoms with Crippen LogP contribution in [0, 0.1) is 5.92 Å². The number of amides is 2. The molecule has 2 aliphatic heterocycles. The summed E-state index contributed by atoms with van der Waals surface area (Å²) < 4.78 is 0. The van der Waals surface area contributed by atoms with Crippen LogP contribution in [-0.2, 0) is 15.1 Å². The van der Waals surface area contributed by atoms with E-state index >= 15 is 0 Å². The molecule has 168 valence electrons. The third kappa shape index (κ3) is 3.72. The zero-order valence-corrected chi connectivity index (χ0v) is 18.9. The Hall–Kier alpha value is -3.44. The van der Waals surface area contributed by atoms with E-state index in [-0.39, 0.29) is 23.8 Å². The van der Waals surface area contributed by atoms with Crippen LogP contribution in [0.25, 0.3) is 0 Å². The smallest absolute Gasteiger partial charge is 0.241 e. The summed E-state index contributed by atoms with van der Waals surface area (Å²) in [4.78, 5) is 29.8. The molecule has 0 saturated carbocycles. The zero-order chi connectivity index (χ0) is 22.8. The number of likely N-dealkylation sites (tertiary alicyclic amines) is 1. The van der Waals surface area contributed by atoms with Crippen LogP contribution in [0.1, 0.15) is 23.1 Å². The summed E-state index contributed by atoms with van der Waals surface area (Å²) in [5, 5.41) is 2.72. The molecule has 0 spiro atoms. The van der Waals surface area contributed by atoms with Crippen molar-refractivity contribution >= 4 is 11.8 Å². The molecule has 2 aliphatic rings. The maximum atomic E-state index is 13.6. The van der Waals surface area contributed by atoms with Crippen LogP contribution in [0.4, 0.5) is 0 Å². The van der Waals surface area contributed by atoms with Gasteiger partial charge in [0.15, 0.2) is 0 Å². The molecule has 33 heavy (non-hydrogen) atoms. The van der Waals surface area contributed by atoms with Crippen molar-refractivity contribution in [2.24, 2.45) is 5.92 Å². The van der Waals surface area contributed by atoms with E-state index in [1.165, 1.54) is 0 Å². The van der Waals surface area contributed by atoms with Crippen molar-refractivity contribution < 1.29 is 9.59 Å². The first-order valence-electron chi connectivity index (χ1n) is 11.6. The number of carbonyl (C=O) groups is 2. The van der Waals surface area contributed by atoms with Crippen molar-refractivity contribution in [3.63, 3.8) is 0 Å². The predicted molar refractivity (Wildman–Crippen MR) is 128 cm³/mol. The maximum Gasteiger partial charge on any atom is 0.241 e. The van der Waals surface area contributed by atoms with Crippen molar-refractivity contribution in [2.45, 2.75) is 18.0 Å². The van der Waals surface area contributed by atoms with E-state index in [2.05, 4.69) is 83.0 Å². The Balaban J connectivity index is 1.54. The quantitative estimate of drug-likeness (QED) is 0.474. The van der Waals surface area contributed by atoms with Crippen LogP contribution in [0.15, 0.2) is 91.0 Å². The lowest BCUT2D eigenvalue weighted by atomic mass is 9.76. The molecular formula is C28H29N3O2. The number of benzene rings is 3. The Labute approximate surface area is 195 Å². The van der Waals surface area contributed by atoms with Crippen molar-refractivity contribution in [3.8, 4) is 0 Å². The van der Waals surface area contributed by atoms with E-state index in [0.717, 1.165) is 23.1 Å². The molecule has 0 aliphatic carbocycles. The Bertz CT molecular complexity index is 1020. The minimum atomic E-state index is -0.565. The van der Waals surface area contributed by atoms with E-state index < -0.39 is 5.54 Å². The first-order valence-corrected chi connectivity index (χ1v) is 11.6.